The predicted molar refractivity (Wildman–Crippen MR) is 106 cm³/mol. The molecule has 0 saturated carbocycles. The number of nitrogens with zero attached hydrogens (tertiary/aromatic N) is 3. The van der Waals surface area contributed by atoms with Gasteiger partial charge in [0.15, 0.2) is 11.5 Å². The molecule has 0 spiro atoms. The minimum atomic E-state index is -5.16. The Morgan fingerprint density at radius 2 is 1.73 bits per heavy atom. The number of aromatic nitrogens is 4. The zero-order valence-electron chi connectivity index (χ0n) is 16.3. The fourth-order valence-corrected chi connectivity index (χ4v) is 3.38. The molecule has 2 heterocycles. The number of aryl methyl sites for hydroxylation is 1. The first kappa shape index (κ1) is 22.6. The molecular formula is C20H11ClF6N4O2. The zero-order valence-corrected chi connectivity index (χ0v) is 17.1. The smallest absolute Gasteiger partial charge is 0.437 e. The summed E-state index contributed by atoms with van der Waals surface area (Å²) < 4.78 is 86.8. The van der Waals surface area contributed by atoms with E-state index in [2.05, 4.69) is 15.1 Å². The topological polar surface area (TPSA) is 72.8 Å². The molecule has 13 heteroatoms. The molecule has 33 heavy (non-hydrogen) atoms. The number of nitrogens with one attached hydrogen (secondary N) is 1. The average molecular weight is 489 g/mol. The van der Waals surface area contributed by atoms with Gasteiger partial charge in [0.1, 0.15) is 11.4 Å². The first-order chi connectivity index (χ1) is 15.4. The summed E-state index contributed by atoms with van der Waals surface area (Å²) in [6.45, 7) is 0. The summed E-state index contributed by atoms with van der Waals surface area (Å²) in [7, 11) is 1.56. The molecule has 4 aromatic rings. The van der Waals surface area contributed by atoms with Gasteiger partial charge in [-0.3, -0.25) is 9.48 Å². The van der Waals surface area contributed by atoms with Crippen LogP contribution in [0, 0.1) is 0 Å². The molecule has 4 rings (SSSR count). The maximum Gasteiger partial charge on any atom is 0.437 e. The van der Waals surface area contributed by atoms with E-state index in [-0.39, 0.29) is 5.69 Å². The minimum Gasteiger partial charge on any atom is -0.449 e. The van der Waals surface area contributed by atoms with Crippen molar-refractivity contribution >= 4 is 22.5 Å². The summed E-state index contributed by atoms with van der Waals surface area (Å²) in [6.07, 6.45) is -10.1. The van der Waals surface area contributed by atoms with E-state index < -0.39 is 51.5 Å². The highest BCUT2D eigenvalue weighted by Gasteiger charge is 2.40. The summed E-state index contributed by atoms with van der Waals surface area (Å²) in [6, 6.07) is 8.67. The second-order valence-electron chi connectivity index (χ2n) is 6.82. The number of rotatable bonds is 3. The second-order valence-corrected chi connectivity index (χ2v) is 7.23. The number of benzene rings is 2. The van der Waals surface area contributed by atoms with E-state index in [0.29, 0.717) is 17.0 Å². The standard InChI is InChI=1S/C20H11ClF6N4O2/c1-31-13-5-3-2-4-10(13)14(30-31)17-28-16(20(25,26)27)15(18(32)29-17)33-9-6-7-12(21)11(8-9)19(22,23)24/h2-8H,1H3,(H,28,29,32). The summed E-state index contributed by atoms with van der Waals surface area (Å²) in [5.41, 5.74) is -3.86. The number of fused-ring (bicyclic) bond motifs is 1. The number of para-hydroxylation sites is 1. The molecule has 0 aliphatic heterocycles. The first-order valence-corrected chi connectivity index (χ1v) is 9.42. The van der Waals surface area contributed by atoms with Crippen LogP contribution >= 0.6 is 11.6 Å². The van der Waals surface area contributed by atoms with Crippen molar-refractivity contribution in [1.29, 1.82) is 0 Å². The van der Waals surface area contributed by atoms with Gasteiger partial charge in [-0.2, -0.15) is 31.4 Å². The fraction of sp³-hybridized carbons (Fsp3) is 0.150. The fourth-order valence-electron chi connectivity index (χ4n) is 3.15. The molecule has 1 N–H and O–H groups in total. The van der Waals surface area contributed by atoms with E-state index in [1.54, 1.807) is 31.3 Å². The largest absolute Gasteiger partial charge is 0.449 e. The number of hydrogen-bond acceptors (Lipinski definition) is 4. The van der Waals surface area contributed by atoms with Crippen molar-refractivity contribution in [1.82, 2.24) is 19.7 Å². The third-order valence-corrected chi connectivity index (χ3v) is 4.92. The third kappa shape index (κ3) is 4.25. The molecule has 0 radical (unpaired) electrons. The number of alkyl halides is 6. The number of H-pyrrole nitrogens is 1. The van der Waals surface area contributed by atoms with Crippen LogP contribution in [0.25, 0.3) is 22.4 Å². The summed E-state index contributed by atoms with van der Waals surface area (Å²) in [5.74, 6) is -2.48. The highest BCUT2D eigenvalue weighted by molar-refractivity contribution is 6.31. The number of halogens is 7. The van der Waals surface area contributed by atoms with Gasteiger partial charge in [-0.05, 0) is 24.3 Å². The van der Waals surface area contributed by atoms with Crippen molar-refractivity contribution in [3.63, 3.8) is 0 Å². The predicted octanol–water partition coefficient (Wildman–Crippen LogP) is 5.81. The minimum absolute atomic E-state index is 0.0203. The van der Waals surface area contributed by atoms with Crippen LogP contribution in [0.5, 0.6) is 11.5 Å². The molecule has 0 aliphatic rings. The van der Waals surface area contributed by atoms with Crippen LogP contribution in [-0.4, -0.2) is 19.7 Å². The van der Waals surface area contributed by atoms with Gasteiger partial charge >= 0.3 is 12.4 Å². The zero-order chi connectivity index (χ0) is 24.1. The normalized spacial score (nSPS) is 12.4. The Labute approximate surface area is 185 Å². The van der Waals surface area contributed by atoms with Gasteiger partial charge in [-0.25, -0.2) is 4.98 Å². The molecule has 2 aromatic carbocycles. The monoisotopic (exact) mass is 488 g/mol. The van der Waals surface area contributed by atoms with Gasteiger partial charge in [0.2, 0.25) is 5.75 Å². The molecule has 0 aliphatic carbocycles. The number of ether oxygens (including phenoxy) is 1. The van der Waals surface area contributed by atoms with Gasteiger partial charge in [0, 0.05) is 12.4 Å². The Hall–Kier alpha value is -3.54. The Morgan fingerprint density at radius 1 is 1.03 bits per heavy atom. The Balaban J connectivity index is 1.87. The van der Waals surface area contributed by atoms with E-state index in [1.165, 1.54) is 4.68 Å². The van der Waals surface area contributed by atoms with Crippen molar-refractivity contribution in [2.75, 3.05) is 0 Å². The van der Waals surface area contributed by atoms with Crippen LogP contribution in [0.3, 0.4) is 0 Å². The quantitative estimate of drug-likeness (QED) is 0.370. The number of aromatic amines is 1. The van der Waals surface area contributed by atoms with Crippen LogP contribution in [0.15, 0.2) is 47.3 Å². The lowest BCUT2D eigenvalue weighted by molar-refractivity contribution is -0.142. The van der Waals surface area contributed by atoms with Gasteiger partial charge in [0.25, 0.3) is 5.56 Å². The van der Waals surface area contributed by atoms with Gasteiger partial charge < -0.3 is 9.72 Å². The van der Waals surface area contributed by atoms with Crippen molar-refractivity contribution in [3.05, 3.63) is 69.1 Å². The van der Waals surface area contributed by atoms with Gasteiger partial charge in [-0.15, -0.1) is 0 Å². The van der Waals surface area contributed by atoms with Crippen molar-refractivity contribution < 1.29 is 31.1 Å². The van der Waals surface area contributed by atoms with E-state index in [1.807, 2.05) is 0 Å². The highest BCUT2D eigenvalue weighted by atomic mass is 35.5. The Bertz CT molecular complexity index is 1430. The van der Waals surface area contributed by atoms with Crippen LogP contribution in [0.2, 0.25) is 5.02 Å². The van der Waals surface area contributed by atoms with Crippen LogP contribution in [0.4, 0.5) is 26.3 Å². The Kier molecular flexibility index (Phi) is 5.35. The molecule has 6 nitrogen and oxygen atoms in total. The summed E-state index contributed by atoms with van der Waals surface area (Å²) in [4.78, 5) is 18.2. The molecule has 0 saturated heterocycles. The molecule has 0 fully saturated rings. The lowest BCUT2D eigenvalue weighted by Gasteiger charge is -2.15. The van der Waals surface area contributed by atoms with Crippen molar-refractivity contribution in [2.24, 2.45) is 7.05 Å². The second kappa shape index (κ2) is 7.80. The molecule has 0 amide bonds. The first-order valence-electron chi connectivity index (χ1n) is 9.04. The van der Waals surface area contributed by atoms with E-state index in [9.17, 15) is 31.1 Å². The number of hydrogen-bond donors (Lipinski definition) is 1. The lowest BCUT2D eigenvalue weighted by Crippen LogP contribution is -2.21. The van der Waals surface area contributed by atoms with Crippen LogP contribution in [-0.2, 0) is 19.4 Å². The van der Waals surface area contributed by atoms with Crippen molar-refractivity contribution in [2.45, 2.75) is 12.4 Å². The van der Waals surface area contributed by atoms with Crippen LogP contribution < -0.4 is 10.3 Å². The molecule has 2 aromatic heterocycles. The Morgan fingerprint density at radius 3 is 2.39 bits per heavy atom. The van der Waals surface area contributed by atoms with Gasteiger partial charge in [-0.1, -0.05) is 29.8 Å². The average Bonchev–Trinajstić information content (AvgIpc) is 3.06. The molecule has 172 valence electrons. The molecule has 0 bridgehead atoms. The third-order valence-electron chi connectivity index (χ3n) is 4.59. The summed E-state index contributed by atoms with van der Waals surface area (Å²) in [5, 5.41) is 3.87. The van der Waals surface area contributed by atoms with E-state index >= 15 is 0 Å². The highest BCUT2D eigenvalue weighted by Crippen LogP contribution is 2.40. The SMILES string of the molecule is Cn1nc(-c2nc(C(F)(F)F)c(Oc3ccc(Cl)c(C(F)(F)F)c3)c(=O)[nH]2)c2ccccc21. The van der Waals surface area contributed by atoms with Crippen LogP contribution in [0.1, 0.15) is 11.3 Å². The lowest BCUT2D eigenvalue weighted by atomic mass is 10.2. The molecular weight excluding hydrogens is 478 g/mol. The van der Waals surface area contributed by atoms with E-state index in [4.69, 9.17) is 16.3 Å². The maximum atomic E-state index is 13.8. The maximum absolute atomic E-state index is 13.8. The van der Waals surface area contributed by atoms with E-state index in [0.717, 1.165) is 12.1 Å². The summed E-state index contributed by atoms with van der Waals surface area (Å²) >= 11 is 5.51. The van der Waals surface area contributed by atoms with Gasteiger partial charge in [0.05, 0.1) is 16.1 Å². The molecule has 0 unspecified atom stereocenters. The molecule has 0 atom stereocenters. The van der Waals surface area contributed by atoms with Crippen molar-refractivity contribution in [3.8, 4) is 23.0 Å².